The van der Waals surface area contributed by atoms with Crippen molar-refractivity contribution in [2.45, 2.75) is 49.3 Å². The van der Waals surface area contributed by atoms with Gasteiger partial charge < -0.3 is 45.9 Å². The summed E-state index contributed by atoms with van der Waals surface area (Å²) in [5.41, 5.74) is 13.1. The van der Waals surface area contributed by atoms with Crippen LogP contribution >= 0.6 is 7.82 Å². The summed E-state index contributed by atoms with van der Waals surface area (Å²) >= 11 is 0. The molecule has 4 heterocycles. The lowest BCUT2D eigenvalue weighted by atomic mass is 10.1. The van der Waals surface area contributed by atoms with Gasteiger partial charge in [-0.2, -0.15) is 0 Å². The lowest BCUT2D eigenvalue weighted by molar-refractivity contribution is -0.0228. The van der Waals surface area contributed by atoms with Crippen LogP contribution in [0, 0.1) is 11.8 Å². The SMILES string of the molecule is Nc1ncnc2c1ncn2[C@@H]1C[C@H](COP(=O)(O)O[C@@H]2[C@@H](CO)C[C@@H](n3cnc4c(N)ncnc43)[C@@H]2O)[C@@H](O)[C@H]1O. The van der Waals surface area contributed by atoms with Crippen LogP contribution in [0.1, 0.15) is 24.9 Å². The maximum Gasteiger partial charge on any atom is 0.472 e. The second-order valence-corrected chi connectivity index (χ2v) is 11.7. The largest absolute Gasteiger partial charge is 0.472 e. The van der Waals surface area contributed by atoms with E-state index in [9.17, 15) is 29.9 Å². The van der Waals surface area contributed by atoms with Crippen LogP contribution in [0.15, 0.2) is 25.3 Å². The number of rotatable bonds is 8. The van der Waals surface area contributed by atoms with Crippen molar-refractivity contribution in [3.8, 4) is 0 Å². The molecule has 18 nitrogen and oxygen atoms in total. The van der Waals surface area contributed by atoms with Crippen LogP contribution < -0.4 is 11.5 Å². The molecule has 2 aliphatic carbocycles. The Bertz CT molecular complexity index is 1620. The van der Waals surface area contributed by atoms with Gasteiger partial charge in [-0.25, -0.2) is 34.5 Å². The number of aliphatic hydroxyl groups excluding tert-OH is 4. The zero-order valence-electron chi connectivity index (χ0n) is 21.4. The molecular weight excluding hydrogens is 563 g/mol. The molecule has 0 radical (unpaired) electrons. The Morgan fingerprint density at radius 2 is 1.37 bits per heavy atom. The number of nitrogens with zero attached hydrogens (tertiary/aromatic N) is 8. The van der Waals surface area contributed by atoms with Gasteiger partial charge in [-0.15, -0.1) is 0 Å². The third-order valence-electron chi connectivity index (χ3n) is 7.94. The van der Waals surface area contributed by atoms with Crippen LogP contribution in [0.4, 0.5) is 11.6 Å². The van der Waals surface area contributed by atoms with Crippen molar-refractivity contribution in [1.29, 1.82) is 0 Å². The summed E-state index contributed by atoms with van der Waals surface area (Å²) in [5, 5.41) is 42.4. The number of aromatic nitrogens is 8. The molecule has 4 aromatic heterocycles. The van der Waals surface area contributed by atoms with Gasteiger partial charge in [-0.3, -0.25) is 9.05 Å². The third kappa shape index (κ3) is 4.81. The highest BCUT2D eigenvalue weighted by molar-refractivity contribution is 7.47. The van der Waals surface area contributed by atoms with Crippen LogP contribution in [-0.2, 0) is 13.6 Å². The topological polar surface area (TPSA) is 276 Å². The van der Waals surface area contributed by atoms with Crippen LogP contribution in [0.25, 0.3) is 22.3 Å². The van der Waals surface area contributed by atoms with E-state index in [-0.39, 0.29) is 24.5 Å². The Morgan fingerprint density at radius 3 is 1.93 bits per heavy atom. The molecule has 2 saturated carbocycles. The zero-order valence-corrected chi connectivity index (χ0v) is 22.3. The zero-order chi connectivity index (χ0) is 29.1. The van der Waals surface area contributed by atoms with Gasteiger partial charge in [0.1, 0.15) is 42.0 Å². The number of nitrogen functional groups attached to an aromatic ring is 2. The Balaban J connectivity index is 1.14. The molecule has 0 saturated heterocycles. The number of phosphoric ester groups is 1. The molecule has 0 aliphatic heterocycles. The molecule has 0 bridgehead atoms. The van der Waals surface area contributed by atoms with Gasteiger partial charge in [0.05, 0.1) is 37.4 Å². The molecule has 2 aliphatic rings. The molecular formula is C22H29N10O8P. The Hall–Kier alpha value is -3.35. The molecule has 41 heavy (non-hydrogen) atoms. The molecule has 9 atom stereocenters. The maximum atomic E-state index is 13.0. The smallest absolute Gasteiger partial charge is 0.396 e. The fourth-order valence-electron chi connectivity index (χ4n) is 5.83. The predicted molar refractivity (Wildman–Crippen MR) is 140 cm³/mol. The minimum absolute atomic E-state index is 0.154. The quantitative estimate of drug-likeness (QED) is 0.115. The molecule has 0 spiro atoms. The number of aliphatic hydroxyl groups is 4. The fourth-order valence-corrected chi connectivity index (χ4v) is 6.87. The molecule has 19 heteroatoms. The highest BCUT2D eigenvalue weighted by Gasteiger charge is 2.49. The van der Waals surface area contributed by atoms with Gasteiger partial charge in [-0.1, -0.05) is 0 Å². The Kier molecular flexibility index (Phi) is 7.11. The molecule has 4 aromatic rings. The maximum absolute atomic E-state index is 13.0. The minimum Gasteiger partial charge on any atom is -0.396 e. The number of anilines is 2. The molecule has 0 amide bonds. The Morgan fingerprint density at radius 1 is 0.829 bits per heavy atom. The second-order valence-electron chi connectivity index (χ2n) is 10.3. The summed E-state index contributed by atoms with van der Waals surface area (Å²) in [6.45, 7) is -0.880. The highest BCUT2D eigenvalue weighted by atomic mass is 31.2. The molecule has 0 aromatic carbocycles. The summed E-state index contributed by atoms with van der Waals surface area (Å²) in [5.74, 6) is -1.16. The standard InChI is InChI=1S/C22H29N10O8P/c23-19-13-21(27-5-25-19)31(7-29-13)11-2-10(15(34)16(11)35)4-39-41(37,38)40-18-9(3-33)1-12(17(18)36)32-8-30-14-20(24)26-6-28-22(14)32/h5-12,15-18,33-36H,1-4H2,(H,37,38)(H2,23,25,27)(H2,24,26,28)/t9-,10-,11-,12-,15-,16+,17+,18-/m1/s1. The second kappa shape index (κ2) is 10.5. The third-order valence-corrected chi connectivity index (χ3v) is 8.93. The number of nitrogens with two attached hydrogens (primary N) is 2. The summed E-state index contributed by atoms with van der Waals surface area (Å²) in [6.07, 6.45) is 0.532. The van der Waals surface area contributed by atoms with Crippen molar-refractivity contribution in [1.82, 2.24) is 39.0 Å². The van der Waals surface area contributed by atoms with Gasteiger partial charge in [0.25, 0.3) is 0 Å². The van der Waals surface area contributed by atoms with Crippen LogP contribution in [0.2, 0.25) is 0 Å². The molecule has 9 N–H and O–H groups in total. The molecule has 1 unspecified atom stereocenters. The van der Waals surface area contributed by atoms with Crippen molar-refractivity contribution in [2.24, 2.45) is 11.8 Å². The van der Waals surface area contributed by atoms with Crippen LogP contribution in [0.5, 0.6) is 0 Å². The first kappa shape index (κ1) is 27.8. The van der Waals surface area contributed by atoms with E-state index in [0.717, 1.165) is 0 Å². The lowest BCUT2D eigenvalue weighted by Gasteiger charge is -2.25. The average molecular weight is 593 g/mol. The first-order valence-corrected chi connectivity index (χ1v) is 14.3. The van der Waals surface area contributed by atoms with Gasteiger partial charge in [-0.05, 0) is 12.8 Å². The summed E-state index contributed by atoms with van der Waals surface area (Å²) in [7, 11) is -4.80. The van der Waals surface area contributed by atoms with E-state index in [1.54, 1.807) is 9.13 Å². The fraction of sp³-hybridized carbons (Fsp3) is 0.545. The van der Waals surface area contributed by atoms with Crippen LogP contribution in [-0.4, -0.2) is 102 Å². The monoisotopic (exact) mass is 592 g/mol. The predicted octanol–water partition coefficient (Wildman–Crippen LogP) is -1.47. The first-order valence-electron chi connectivity index (χ1n) is 12.8. The lowest BCUT2D eigenvalue weighted by Crippen LogP contribution is -2.33. The number of imidazole rings is 2. The van der Waals surface area contributed by atoms with Gasteiger partial charge >= 0.3 is 7.82 Å². The van der Waals surface area contributed by atoms with Crippen molar-refractivity contribution in [2.75, 3.05) is 24.7 Å². The molecule has 2 fully saturated rings. The van der Waals surface area contributed by atoms with E-state index in [4.69, 9.17) is 20.5 Å². The first-order chi connectivity index (χ1) is 19.6. The van der Waals surface area contributed by atoms with Gasteiger partial charge in [0, 0.05) is 18.4 Å². The van der Waals surface area contributed by atoms with Crippen molar-refractivity contribution in [3.05, 3.63) is 25.3 Å². The van der Waals surface area contributed by atoms with Gasteiger partial charge in [0.15, 0.2) is 22.9 Å². The van der Waals surface area contributed by atoms with E-state index < -0.39 is 69.4 Å². The van der Waals surface area contributed by atoms with E-state index in [0.29, 0.717) is 22.3 Å². The van der Waals surface area contributed by atoms with E-state index in [1.807, 2.05) is 0 Å². The van der Waals surface area contributed by atoms with Crippen molar-refractivity contribution >= 4 is 41.8 Å². The van der Waals surface area contributed by atoms with E-state index >= 15 is 0 Å². The van der Waals surface area contributed by atoms with E-state index in [2.05, 4.69) is 29.9 Å². The molecule has 6 rings (SSSR count). The Labute approximate surface area is 231 Å². The average Bonchev–Trinajstić information content (AvgIpc) is 3.70. The minimum atomic E-state index is -4.80. The highest BCUT2D eigenvalue weighted by Crippen LogP contribution is 2.51. The van der Waals surface area contributed by atoms with Crippen LogP contribution in [0.3, 0.4) is 0 Å². The van der Waals surface area contributed by atoms with E-state index in [1.165, 1.54) is 25.3 Å². The van der Waals surface area contributed by atoms with Gasteiger partial charge in [0.2, 0.25) is 0 Å². The summed E-state index contributed by atoms with van der Waals surface area (Å²) < 4.78 is 26.7. The van der Waals surface area contributed by atoms with Crippen molar-refractivity contribution < 1.29 is 38.9 Å². The van der Waals surface area contributed by atoms with Crippen molar-refractivity contribution in [3.63, 3.8) is 0 Å². The normalized spacial score (nSPS) is 31.7. The summed E-state index contributed by atoms with van der Waals surface area (Å²) in [6, 6.07) is -1.37. The molecule has 220 valence electrons. The number of hydrogen-bond donors (Lipinski definition) is 7. The number of hydrogen-bond acceptors (Lipinski definition) is 15. The number of fused-ring (bicyclic) bond motifs is 2. The number of phosphoric acid groups is 1. The summed E-state index contributed by atoms with van der Waals surface area (Å²) in [4.78, 5) is 35.0.